The molecule has 1 unspecified atom stereocenters. The molecule has 2 aliphatic heterocycles. The molecule has 1 aromatic carbocycles. The third kappa shape index (κ3) is 2.68. The van der Waals surface area contributed by atoms with E-state index in [0.29, 0.717) is 6.61 Å². The Morgan fingerprint density at radius 2 is 2.32 bits per heavy atom. The van der Waals surface area contributed by atoms with Crippen LogP contribution in [0.2, 0.25) is 5.02 Å². The molecule has 4 nitrogen and oxygen atoms in total. The smallest absolute Gasteiger partial charge is 0.328 e. The summed E-state index contributed by atoms with van der Waals surface area (Å²) < 4.78 is 5.18. The van der Waals surface area contributed by atoms with Crippen LogP contribution in [0.1, 0.15) is 31.7 Å². The van der Waals surface area contributed by atoms with Gasteiger partial charge in [0.25, 0.3) is 0 Å². The van der Waals surface area contributed by atoms with E-state index in [-0.39, 0.29) is 12.0 Å². The molecule has 0 saturated heterocycles. The highest BCUT2D eigenvalue weighted by Crippen LogP contribution is 2.39. The van der Waals surface area contributed by atoms with E-state index >= 15 is 0 Å². The molecular weight excluding hydrogens is 300 g/mol. The lowest BCUT2D eigenvalue weighted by molar-refractivity contribution is -0.145. The zero-order valence-corrected chi connectivity index (χ0v) is 13.7. The van der Waals surface area contributed by atoms with Crippen LogP contribution in [0.3, 0.4) is 0 Å². The van der Waals surface area contributed by atoms with E-state index < -0.39 is 0 Å². The number of esters is 1. The summed E-state index contributed by atoms with van der Waals surface area (Å²) in [5.41, 5.74) is 3.61. The molecule has 2 heterocycles. The van der Waals surface area contributed by atoms with Gasteiger partial charge in [0, 0.05) is 7.05 Å². The van der Waals surface area contributed by atoms with Gasteiger partial charge in [0.15, 0.2) is 0 Å². The van der Waals surface area contributed by atoms with Gasteiger partial charge < -0.3 is 15.0 Å². The molecule has 0 radical (unpaired) electrons. The van der Waals surface area contributed by atoms with Crippen molar-refractivity contribution in [2.75, 3.05) is 18.6 Å². The Kier molecular flexibility index (Phi) is 4.30. The minimum atomic E-state index is -0.279. The number of rotatable bonds is 2. The normalized spacial score (nSPS) is 20.7. The number of hydrogen-bond acceptors (Lipinski definition) is 4. The van der Waals surface area contributed by atoms with Crippen LogP contribution in [0.15, 0.2) is 29.6 Å². The summed E-state index contributed by atoms with van der Waals surface area (Å²) in [5, 5.41) is 4.13. The fourth-order valence-corrected chi connectivity index (χ4v) is 3.64. The number of carbonyl (C=O) groups is 1. The van der Waals surface area contributed by atoms with Crippen molar-refractivity contribution in [1.29, 1.82) is 0 Å². The van der Waals surface area contributed by atoms with Crippen LogP contribution in [-0.2, 0) is 16.0 Å². The average molecular weight is 321 g/mol. The number of allylic oxidation sites excluding steroid dienone is 1. The van der Waals surface area contributed by atoms with Gasteiger partial charge in [-0.05, 0) is 49.8 Å². The number of hydrogen-bond donors (Lipinski definition) is 1. The maximum atomic E-state index is 12.1. The number of fused-ring (bicyclic) bond motifs is 1. The van der Waals surface area contributed by atoms with E-state index in [2.05, 4.69) is 16.3 Å². The van der Waals surface area contributed by atoms with Crippen molar-refractivity contribution in [2.24, 2.45) is 0 Å². The Labute approximate surface area is 136 Å². The molecule has 0 bridgehead atoms. The first-order chi connectivity index (χ1) is 10.6. The van der Waals surface area contributed by atoms with Crippen molar-refractivity contribution in [2.45, 2.75) is 38.6 Å². The van der Waals surface area contributed by atoms with Gasteiger partial charge in [-0.1, -0.05) is 23.7 Å². The molecule has 0 amide bonds. The molecule has 0 aromatic heterocycles. The number of carbonyl (C=O) groups excluding carboxylic acids is 1. The topological polar surface area (TPSA) is 41.6 Å². The van der Waals surface area contributed by atoms with Gasteiger partial charge in [-0.2, -0.15) is 0 Å². The minimum absolute atomic E-state index is 0.172. The third-order valence-corrected chi connectivity index (χ3v) is 4.64. The minimum Gasteiger partial charge on any atom is -0.464 e. The van der Waals surface area contributed by atoms with Crippen molar-refractivity contribution in [1.82, 2.24) is 5.32 Å². The van der Waals surface area contributed by atoms with E-state index in [1.54, 1.807) is 0 Å². The number of anilines is 1. The number of nitrogens with one attached hydrogen (secondary N) is 1. The molecule has 0 spiro atoms. The first kappa shape index (κ1) is 15.2. The maximum absolute atomic E-state index is 12.1. The number of halogens is 1. The zero-order valence-electron chi connectivity index (χ0n) is 13.0. The van der Waals surface area contributed by atoms with Gasteiger partial charge in [-0.15, -0.1) is 0 Å². The Morgan fingerprint density at radius 1 is 1.50 bits per heavy atom. The molecule has 1 aromatic rings. The van der Waals surface area contributed by atoms with E-state index in [1.165, 1.54) is 11.1 Å². The molecule has 118 valence electrons. The van der Waals surface area contributed by atoms with Crippen LogP contribution in [-0.4, -0.2) is 25.7 Å². The SMILES string of the molecule is CCOC(=O)C1CCCC2=C(N1)N(C)c1c(Cl)cccc1C2. The van der Waals surface area contributed by atoms with Crippen molar-refractivity contribution in [3.8, 4) is 0 Å². The zero-order chi connectivity index (χ0) is 15.7. The lowest BCUT2D eigenvalue weighted by Gasteiger charge is -2.34. The summed E-state index contributed by atoms with van der Waals surface area (Å²) in [6, 6.07) is 5.74. The van der Waals surface area contributed by atoms with Crippen LogP contribution >= 0.6 is 11.6 Å². The maximum Gasteiger partial charge on any atom is 0.328 e. The van der Waals surface area contributed by atoms with E-state index in [4.69, 9.17) is 16.3 Å². The largest absolute Gasteiger partial charge is 0.464 e. The Balaban J connectivity index is 1.91. The monoisotopic (exact) mass is 320 g/mol. The van der Waals surface area contributed by atoms with Crippen molar-refractivity contribution >= 4 is 23.3 Å². The van der Waals surface area contributed by atoms with Crippen LogP contribution in [0.4, 0.5) is 5.69 Å². The lowest BCUT2D eigenvalue weighted by atomic mass is 9.95. The summed E-state index contributed by atoms with van der Waals surface area (Å²) in [5.74, 6) is 0.839. The summed E-state index contributed by atoms with van der Waals surface area (Å²) in [6.07, 6.45) is 3.66. The Hall–Kier alpha value is -1.68. The quantitative estimate of drug-likeness (QED) is 0.849. The second kappa shape index (κ2) is 6.21. The molecular formula is C17H21ClN2O2. The molecule has 0 fully saturated rings. The van der Waals surface area contributed by atoms with Gasteiger partial charge in [0.1, 0.15) is 11.9 Å². The molecule has 1 N–H and O–H groups in total. The molecule has 22 heavy (non-hydrogen) atoms. The summed E-state index contributed by atoms with van der Waals surface area (Å²) in [7, 11) is 2.00. The standard InChI is InChI=1S/C17H21ClN2O2/c1-3-22-17(21)14-9-5-7-12-10-11-6-4-8-13(18)15(11)20(2)16(12)19-14/h4,6,8,14,19H,3,5,7,9-10H2,1-2H3. The number of benzene rings is 1. The first-order valence-corrected chi connectivity index (χ1v) is 8.16. The highest BCUT2D eigenvalue weighted by atomic mass is 35.5. The van der Waals surface area contributed by atoms with Crippen LogP contribution in [0.25, 0.3) is 0 Å². The van der Waals surface area contributed by atoms with Crippen molar-refractivity contribution in [3.63, 3.8) is 0 Å². The molecule has 1 atom stereocenters. The van der Waals surface area contributed by atoms with E-state index in [1.807, 2.05) is 26.1 Å². The first-order valence-electron chi connectivity index (χ1n) is 7.78. The number of para-hydroxylation sites is 1. The van der Waals surface area contributed by atoms with Crippen molar-refractivity contribution < 1.29 is 9.53 Å². The van der Waals surface area contributed by atoms with Crippen LogP contribution < -0.4 is 10.2 Å². The molecule has 0 aliphatic carbocycles. The van der Waals surface area contributed by atoms with Gasteiger partial charge in [-0.3, -0.25) is 0 Å². The van der Waals surface area contributed by atoms with Gasteiger partial charge >= 0.3 is 5.97 Å². The summed E-state index contributed by atoms with van der Waals surface area (Å²) >= 11 is 6.37. The Morgan fingerprint density at radius 3 is 3.09 bits per heavy atom. The summed E-state index contributed by atoms with van der Waals surface area (Å²) in [6.45, 7) is 2.25. The lowest BCUT2D eigenvalue weighted by Crippen LogP contribution is -2.42. The summed E-state index contributed by atoms with van der Waals surface area (Å²) in [4.78, 5) is 14.2. The fraction of sp³-hybridized carbons (Fsp3) is 0.471. The predicted octanol–water partition coefficient (Wildman–Crippen LogP) is 3.25. The second-order valence-corrected chi connectivity index (χ2v) is 6.18. The van der Waals surface area contributed by atoms with Gasteiger partial charge in [0.2, 0.25) is 0 Å². The van der Waals surface area contributed by atoms with Crippen LogP contribution in [0.5, 0.6) is 0 Å². The highest BCUT2D eigenvalue weighted by Gasteiger charge is 2.31. The molecule has 0 saturated carbocycles. The van der Waals surface area contributed by atoms with Gasteiger partial charge in [-0.25, -0.2) is 4.79 Å². The van der Waals surface area contributed by atoms with Gasteiger partial charge in [0.05, 0.1) is 17.3 Å². The van der Waals surface area contributed by atoms with Crippen LogP contribution in [0, 0.1) is 0 Å². The number of nitrogens with zero attached hydrogens (tertiary/aromatic N) is 1. The number of ether oxygens (including phenoxy) is 1. The predicted molar refractivity (Wildman–Crippen MR) is 88.0 cm³/mol. The fourth-order valence-electron chi connectivity index (χ4n) is 3.32. The molecule has 5 heteroatoms. The Bertz CT molecular complexity index is 627. The molecule has 2 aliphatic rings. The van der Waals surface area contributed by atoms with E-state index in [9.17, 15) is 4.79 Å². The molecule has 3 rings (SSSR count). The van der Waals surface area contributed by atoms with Crippen molar-refractivity contribution in [3.05, 3.63) is 40.2 Å². The highest BCUT2D eigenvalue weighted by molar-refractivity contribution is 6.33. The average Bonchev–Trinajstić information content (AvgIpc) is 2.70. The van der Waals surface area contributed by atoms with E-state index in [0.717, 1.165) is 42.2 Å². The third-order valence-electron chi connectivity index (χ3n) is 4.33. The second-order valence-electron chi connectivity index (χ2n) is 5.78.